The van der Waals surface area contributed by atoms with E-state index in [-0.39, 0.29) is 0 Å². The number of halogens is 1. The molecule has 2 aliphatic heterocycles. The van der Waals surface area contributed by atoms with Crippen LogP contribution in [-0.2, 0) is 0 Å². The molecule has 7 nitrogen and oxygen atoms in total. The predicted octanol–water partition coefficient (Wildman–Crippen LogP) is 2.83. The third kappa shape index (κ3) is 4.88. The van der Waals surface area contributed by atoms with Crippen molar-refractivity contribution in [2.45, 2.75) is 13.3 Å². The van der Waals surface area contributed by atoms with E-state index in [1.165, 1.54) is 0 Å². The molecular weight excluding hydrogens is 396 g/mol. The van der Waals surface area contributed by atoms with Crippen LogP contribution in [0.3, 0.4) is 0 Å². The van der Waals surface area contributed by atoms with Gasteiger partial charge in [0.05, 0.1) is 23.0 Å². The lowest BCUT2D eigenvalue weighted by atomic mass is 10.1. The molecule has 0 amide bonds. The standard InChI is InChI=1S/C19H23ClN6OS/c1-3-4-15(13-21-2)25-6-8-26(9-7-25)19(28)24-23-16-5-10-27-17-11-14(20)12-22-18(16)17/h3-4,11-13H,2,5-10H2,1H3,(H,24,28)/b4-3-,15-13+,23-16-. The molecule has 1 saturated heterocycles. The van der Waals surface area contributed by atoms with E-state index in [9.17, 15) is 0 Å². The average molecular weight is 419 g/mol. The number of rotatable bonds is 4. The first kappa shape index (κ1) is 20.3. The van der Waals surface area contributed by atoms with Crippen LogP contribution < -0.4 is 10.2 Å². The van der Waals surface area contributed by atoms with E-state index in [1.807, 2.05) is 19.1 Å². The van der Waals surface area contributed by atoms with Gasteiger partial charge in [0.1, 0.15) is 11.4 Å². The Balaban J connectivity index is 1.59. The molecule has 1 aromatic heterocycles. The fourth-order valence-electron chi connectivity index (χ4n) is 3.08. The molecule has 0 aromatic carbocycles. The van der Waals surface area contributed by atoms with Crippen LogP contribution in [0.1, 0.15) is 19.0 Å². The van der Waals surface area contributed by atoms with E-state index >= 15 is 0 Å². The fourth-order valence-corrected chi connectivity index (χ4v) is 3.46. The van der Waals surface area contributed by atoms with Gasteiger partial charge in [-0.15, -0.1) is 0 Å². The highest BCUT2D eigenvalue weighted by Crippen LogP contribution is 2.26. The van der Waals surface area contributed by atoms with Crippen molar-refractivity contribution < 1.29 is 4.74 Å². The molecule has 0 spiro atoms. The van der Waals surface area contributed by atoms with Crippen molar-refractivity contribution in [3.8, 4) is 5.75 Å². The van der Waals surface area contributed by atoms with Crippen molar-refractivity contribution in [3.63, 3.8) is 0 Å². The van der Waals surface area contributed by atoms with Crippen molar-refractivity contribution in [2.24, 2.45) is 10.1 Å². The number of piperazine rings is 1. The van der Waals surface area contributed by atoms with Crippen LogP contribution in [-0.4, -0.2) is 65.1 Å². The molecule has 0 atom stereocenters. The first-order valence-electron chi connectivity index (χ1n) is 9.06. The summed E-state index contributed by atoms with van der Waals surface area (Å²) in [7, 11) is 0. The number of hydrazone groups is 1. The van der Waals surface area contributed by atoms with Gasteiger partial charge < -0.3 is 14.5 Å². The number of aliphatic imine (C=N–C) groups is 1. The summed E-state index contributed by atoms with van der Waals surface area (Å²) in [5.74, 6) is 0.651. The van der Waals surface area contributed by atoms with Crippen molar-refractivity contribution >= 4 is 41.4 Å². The van der Waals surface area contributed by atoms with E-state index in [2.05, 4.69) is 37.0 Å². The summed E-state index contributed by atoms with van der Waals surface area (Å²) >= 11 is 11.5. The highest BCUT2D eigenvalue weighted by molar-refractivity contribution is 7.80. The number of thiocarbonyl (C=S) groups is 1. The second-order valence-corrected chi connectivity index (χ2v) is 7.11. The summed E-state index contributed by atoms with van der Waals surface area (Å²) in [4.78, 5) is 12.6. The molecule has 1 fully saturated rings. The lowest BCUT2D eigenvalue weighted by Crippen LogP contribution is -2.50. The van der Waals surface area contributed by atoms with Gasteiger partial charge in [0.25, 0.3) is 0 Å². The molecular formula is C19H23ClN6OS. The third-order valence-corrected chi connectivity index (χ3v) is 5.02. The van der Waals surface area contributed by atoms with Gasteiger partial charge in [-0.2, -0.15) is 5.10 Å². The molecule has 3 heterocycles. The smallest absolute Gasteiger partial charge is 0.189 e. The zero-order chi connectivity index (χ0) is 19.9. The van der Waals surface area contributed by atoms with Crippen molar-refractivity contribution in [1.82, 2.24) is 20.2 Å². The van der Waals surface area contributed by atoms with Crippen molar-refractivity contribution in [3.05, 3.63) is 47.0 Å². The SMILES string of the molecule is C=N/C=C(\C=C/C)N1CCN(C(=S)N/N=C2/CCOc3cc(Cl)cnc32)CC1. The summed E-state index contributed by atoms with van der Waals surface area (Å²) in [5, 5.41) is 5.63. The minimum absolute atomic E-state index is 0.540. The quantitative estimate of drug-likeness (QED) is 0.351. The number of aromatic nitrogens is 1. The summed E-state index contributed by atoms with van der Waals surface area (Å²) in [5.41, 5.74) is 5.59. The Labute approximate surface area is 175 Å². The van der Waals surface area contributed by atoms with Gasteiger partial charge in [0.2, 0.25) is 0 Å². The van der Waals surface area contributed by atoms with Crippen LogP contribution in [0.4, 0.5) is 0 Å². The minimum atomic E-state index is 0.540. The minimum Gasteiger partial charge on any atom is -0.491 e. The average Bonchev–Trinajstić information content (AvgIpc) is 2.71. The maximum Gasteiger partial charge on any atom is 0.189 e. The van der Waals surface area contributed by atoms with E-state index in [0.29, 0.717) is 34.6 Å². The summed E-state index contributed by atoms with van der Waals surface area (Å²) in [6.45, 7) is 9.37. The van der Waals surface area contributed by atoms with Crippen LogP contribution in [0.5, 0.6) is 5.75 Å². The lowest BCUT2D eigenvalue weighted by Gasteiger charge is -2.37. The molecule has 2 aliphatic rings. The molecule has 0 radical (unpaired) electrons. The van der Waals surface area contributed by atoms with Crippen LogP contribution in [0, 0.1) is 0 Å². The summed E-state index contributed by atoms with van der Waals surface area (Å²) < 4.78 is 5.60. The molecule has 0 saturated carbocycles. The van der Waals surface area contributed by atoms with E-state index in [4.69, 9.17) is 28.6 Å². The van der Waals surface area contributed by atoms with E-state index < -0.39 is 0 Å². The number of pyridine rings is 1. The Bertz CT molecular complexity index is 830. The number of ether oxygens (including phenoxy) is 1. The zero-order valence-electron chi connectivity index (χ0n) is 15.8. The Morgan fingerprint density at radius 3 is 2.82 bits per heavy atom. The van der Waals surface area contributed by atoms with E-state index in [0.717, 1.165) is 37.6 Å². The van der Waals surface area contributed by atoms with Crippen LogP contribution in [0.2, 0.25) is 5.02 Å². The number of nitrogens with one attached hydrogen (secondary N) is 1. The molecule has 1 N–H and O–H groups in total. The molecule has 9 heteroatoms. The maximum atomic E-state index is 5.98. The number of nitrogens with zero attached hydrogens (tertiary/aromatic N) is 5. The van der Waals surface area contributed by atoms with Gasteiger partial charge in [-0.1, -0.05) is 17.7 Å². The molecule has 3 rings (SSSR count). The number of allylic oxidation sites excluding steroid dienone is 2. The van der Waals surface area contributed by atoms with Gasteiger partial charge >= 0.3 is 0 Å². The monoisotopic (exact) mass is 418 g/mol. The van der Waals surface area contributed by atoms with Crippen LogP contribution in [0.25, 0.3) is 0 Å². The largest absolute Gasteiger partial charge is 0.491 e. The number of hydrogen-bond acceptors (Lipinski definition) is 6. The van der Waals surface area contributed by atoms with Gasteiger partial charge in [-0.05, 0) is 31.9 Å². The van der Waals surface area contributed by atoms with Crippen molar-refractivity contribution in [1.29, 1.82) is 0 Å². The third-order valence-electron chi connectivity index (χ3n) is 4.47. The predicted molar refractivity (Wildman–Crippen MR) is 117 cm³/mol. The Hall–Kier alpha value is -2.45. The Morgan fingerprint density at radius 2 is 2.11 bits per heavy atom. The lowest BCUT2D eigenvalue weighted by molar-refractivity contribution is 0.225. The molecule has 0 unspecified atom stereocenters. The number of fused-ring (bicyclic) bond motifs is 1. The summed E-state index contributed by atoms with van der Waals surface area (Å²) in [6.07, 6.45) is 8.07. The molecule has 148 valence electrons. The van der Waals surface area contributed by atoms with Crippen molar-refractivity contribution in [2.75, 3.05) is 32.8 Å². The second-order valence-electron chi connectivity index (χ2n) is 6.28. The normalized spacial score (nSPS) is 18.8. The van der Waals surface area contributed by atoms with Gasteiger partial charge in [0.15, 0.2) is 5.11 Å². The molecule has 0 bridgehead atoms. The van der Waals surface area contributed by atoms with Gasteiger partial charge in [0, 0.05) is 51.1 Å². The van der Waals surface area contributed by atoms with E-state index in [1.54, 1.807) is 18.5 Å². The van der Waals surface area contributed by atoms with Crippen LogP contribution >= 0.6 is 23.8 Å². The molecule has 0 aliphatic carbocycles. The fraction of sp³-hybridized carbons (Fsp3) is 0.368. The second kappa shape index (κ2) is 9.66. The first-order chi connectivity index (χ1) is 13.6. The Morgan fingerprint density at radius 1 is 1.36 bits per heavy atom. The number of hydrogen-bond donors (Lipinski definition) is 1. The Kier molecular flexibility index (Phi) is 7.00. The first-order valence-corrected chi connectivity index (χ1v) is 9.85. The van der Waals surface area contributed by atoms with Crippen LogP contribution in [0.15, 0.2) is 46.4 Å². The summed E-state index contributed by atoms with van der Waals surface area (Å²) in [6, 6.07) is 1.75. The van der Waals surface area contributed by atoms with Gasteiger partial charge in [-0.25, -0.2) is 4.98 Å². The molecule has 28 heavy (non-hydrogen) atoms. The topological polar surface area (TPSA) is 65.3 Å². The zero-order valence-corrected chi connectivity index (χ0v) is 17.3. The highest BCUT2D eigenvalue weighted by atomic mass is 35.5. The van der Waals surface area contributed by atoms with Gasteiger partial charge in [-0.3, -0.25) is 10.4 Å². The maximum absolute atomic E-state index is 5.98. The highest BCUT2D eigenvalue weighted by Gasteiger charge is 2.21. The molecule has 1 aromatic rings.